The molecule has 0 bridgehead atoms. The number of thioether (sulfide) groups is 1. The van der Waals surface area contributed by atoms with Crippen LogP contribution in [0.25, 0.3) is 0 Å². The highest BCUT2D eigenvalue weighted by atomic mass is 32.2. The minimum absolute atomic E-state index is 0.0521. The molecule has 5 nitrogen and oxygen atoms in total. The van der Waals surface area contributed by atoms with Gasteiger partial charge in [0.15, 0.2) is 5.16 Å². The van der Waals surface area contributed by atoms with Crippen molar-refractivity contribution in [3.05, 3.63) is 10.5 Å². The first-order valence-corrected chi connectivity index (χ1v) is 7.75. The summed E-state index contributed by atoms with van der Waals surface area (Å²) < 4.78 is 1.83. The summed E-state index contributed by atoms with van der Waals surface area (Å²) in [5, 5.41) is 11.1. The third kappa shape index (κ3) is 2.98. The van der Waals surface area contributed by atoms with Gasteiger partial charge in [0.1, 0.15) is 0 Å². The van der Waals surface area contributed by atoms with Crippen LogP contribution in [0.15, 0.2) is 9.95 Å². The van der Waals surface area contributed by atoms with E-state index in [0.29, 0.717) is 12.0 Å². The number of aromatic nitrogens is 3. The Balaban J connectivity index is 1.50. The van der Waals surface area contributed by atoms with Crippen molar-refractivity contribution in [1.29, 1.82) is 0 Å². The SMILES string of the molecule is CC(CNC1CC1)CSc1n[nH]c(=O)n1C1CC1. The van der Waals surface area contributed by atoms with E-state index in [1.807, 2.05) is 4.57 Å². The Morgan fingerprint density at radius 1 is 1.50 bits per heavy atom. The third-order valence-corrected chi connectivity index (χ3v) is 4.70. The number of rotatable bonds is 7. The Bertz CT molecular complexity index is 461. The molecule has 0 spiro atoms. The molecule has 1 aromatic heterocycles. The van der Waals surface area contributed by atoms with E-state index in [2.05, 4.69) is 22.4 Å². The molecule has 1 heterocycles. The van der Waals surface area contributed by atoms with Crippen LogP contribution in [0.5, 0.6) is 0 Å². The number of H-pyrrole nitrogens is 1. The molecule has 1 atom stereocenters. The van der Waals surface area contributed by atoms with Gasteiger partial charge in [0.2, 0.25) is 0 Å². The van der Waals surface area contributed by atoms with E-state index in [1.165, 1.54) is 12.8 Å². The third-order valence-electron chi connectivity index (χ3n) is 3.41. The molecule has 2 N–H and O–H groups in total. The fourth-order valence-corrected chi connectivity index (χ4v) is 3.01. The van der Waals surface area contributed by atoms with Crippen molar-refractivity contribution in [2.45, 2.75) is 49.8 Å². The monoisotopic (exact) mass is 268 g/mol. The second kappa shape index (κ2) is 5.09. The van der Waals surface area contributed by atoms with E-state index < -0.39 is 0 Å². The standard InChI is InChI=1S/C12H20N4OS/c1-8(6-13-9-2-3-9)7-18-12-15-14-11(17)16(12)10-4-5-10/h8-10,13H,2-7H2,1H3,(H,14,17). The Labute approximate surface area is 111 Å². The van der Waals surface area contributed by atoms with Crippen molar-refractivity contribution in [2.24, 2.45) is 5.92 Å². The Morgan fingerprint density at radius 3 is 2.94 bits per heavy atom. The van der Waals surface area contributed by atoms with Gasteiger partial charge in [0.05, 0.1) is 0 Å². The van der Waals surface area contributed by atoms with Crippen molar-refractivity contribution >= 4 is 11.8 Å². The minimum Gasteiger partial charge on any atom is -0.314 e. The lowest BCUT2D eigenvalue weighted by Crippen LogP contribution is -2.24. The van der Waals surface area contributed by atoms with Crippen LogP contribution in [0.4, 0.5) is 0 Å². The highest BCUT2D eigenvalue weighted by Crippen LogP contribution is 2.36. The molecule has 0 aliphatic heterocycles. The first-order chi connectivity index (χ1) is 8.74. The normalized spacial score (nSPS) is 21.2. The van der Waals surface area contributed by atoms with Gasteiger partial charge in [-0.05, 0) is 38.1 Å². The van der Waals surface area contributed by atoms with Gasteiger partial charge in [-0.1, -0.05) is 18.7 Å². The topological polar surface area (TPSA) is 62.7 Å². The average Bonchev–Trinajstić information content (AvgIpc) is 3.24. The van der Waals surface area contributed by atoms with Crippen molar-refractivity contribution in [3.8, 4) is 0 Å². The number of nitrogens with zero attached hydrogens (tertiary/aromatic N) is 2. The number of nitrogens with one attached hydrogen (secondary N) is 2. The molecule has 18 heavy (non-hydrogen) atoms. The highest BCUT2D eigenvalue weighted by molar-refractivity contribution is 7.99. The molecule has 1 aromatic rings. The van der Waals surface area contributed by atoms with Crippen LogP contribution in [0.1, 0.15) is 38.6 Å². The summed E-state index contributed by atoms with van der Waals surface area (Å²) in [4.78, 5) is 11.6. The van der Waals surface area contributed by atoms with E-state index in [-0.39, 0.29) is 5.69 Å². The quantitative estimate of drug-likeness (QED) is 0.734. The molecule has 0 aromatic carbocycles. The summed E-state index contributed by atoms with van der Waals surface area (Å²) >= 11 is 1.70. The average molecular weight is 268 g/mol. The molecule has 100 valence electrons. The van der Waals surface area contributed by atoms with E-state index in [1.54, 1.807) is 11.8 Å². The Hall–Kier alpha value is -0.750. The maximum absolute atomic E-state index is 11.6. The summed E-state index contributed by atoms with van der Waals surface area (Å²) in [6, 6.07) is 1.17. The predicted octanol–water partition coefficient (Wildman–Crippen LogP) is 1.39. The zero-order valence-electron chi connectivity index (χ0n) is 10.7. The summed E-state index contributed by atoms with van der Waals surface area (Å²) in [6.07, 6.45) is 4.90. The van der Waals surface area contributed by atoms with Gasteiger partial charge in [0, 0.05) is 17.8 Å². The van der Waals surface area contributed by atoms with Crippen LogP contribution in [-0.4, -0.2) is 33.1 Å². The fourth-order valence-electron chi connectivity index (χ4n) is 1.98. The lowest BCUT2D eigenvalue weighted by Gasteiger charge is -2.11. The molecular weight excluding hydrogens is 248 g/mol. The number of hydrogen-bond acceptors (Lipinski definition) is 4. The van der Waals surface area contributed by atoms with E-state index in [9.17, 15) is 4.79 Å². The van der Waals surface area contributed by atoms with Gasteiger partial charge in [0.25, 0.3) is 0 Å². The van der Waals surface area contributed by atoms with Crippen LogP contribution in [0, 0.1) is 5.92 Å². The number of hydrogen-bond donors (Lipinski definition) is 2. The van der Waals surface area contributed by atoms with Crippen molar-refractivity contribution in [1.82, 2.24) is 20.1 Å². The second-order valence-electron chi connectivity index (χ2n) is 5.51. The zero-order chi connectivity index (χ0) is 12.5. The van der Waals surface area contributed by atoms with Crippen LogP contribution in [0.3, 0.4) is 0 Å². The first kappa shape index (κ1) is 12.3. The van der Waals surface area contributed by atoms with Crippen molar-refractivity contribution in [3.63, 3.8) is 0 Å². The van der Waals surface area contributed by atoms with E-state index in [0.717, 1.165) is 36.3 Å². The molecule has 2 aliphatic carbocycles. The summed E-state index contributed by atoms with van der Waals surface area (Å²) in [5.41, 5.74) is -0.0521. The summed E-state index contributed by atoms with van der Waals surface area (Å²) in [5.74, 6) is 1.62. The molecule has 2 aliphatic rings. The molecule has 3 rings (SSSR count). The van der Waals surface area contributed by atoms with Gasteiger partial charge in [-0.25, -0.2) is 9.89 Å². The molecule has 6 heteroatoms. The molecule has 1 unspecified atom stereocenters. The predicted molar refractivity (Wildman–Crippen MR) is 72.0 cm³/mol. The molecule has 2 saturated carbocycles. The minimum atomic E-state index is -0.0521. The van der Waals surface area contributed by atoms with Crippen LogP contribution in [0.2, 0.25) is 0 Å². The van der Waals surface area contributed by atoms with Gasteiger partial charge >= 0.3 is 5.69 Å². The maximum Gasteiger partial charge on any atom is 0.344 e. The lowest BCUT2D eigenvalue weighted by atomic mass is 10.2. The summed E-state index contributed by atoms with van der Waals surface area (Å²) in [6.45, 7) is 3.31. The van der Waals surface area contributed by atoms with Crippen LogP contribution < -0.4 is 11.0 Å². The molecular formula is C12H20N4OS. The van der Waals surface area contributed by atoms with Gasteiger partial charge < -0.3 is 5.32 Å². The van der Waals surface area contributed by atoms with Gasteiger partial charge in [-0.2, -0.15) is 0 Å². The van der Waals surface area contributed by atoms with Crippen molar-refractivity contribution < 1.29 is 0 Å². The maximum atomic E-state index is 11.6. The van der Waals surface area contributed by atoms with Crippen LogP contribution >= 0.6 is 11.8 Å². The zero-order valence-corrected chi connectivity index (χ0v) is 11.5. The van der Waals surface area contributed by atoms with Crippen LogP contribution in [-0.2, 0) is 0 Å². The van der Waals surface area contributed by atoms with Crippen molar-refractivity contribution in [2.75, 3.05) is 12.3 Å². The molecule has 0 amide bonds. The summed E-state index contributed by atoms with van der Waals surface area (Å²) in [7, 11) is 0. The smallest absolute Gasteiger partial charge is 0.314 e. The largest absolute Gasteiger partial charge is 0.344 e. The fraction of sp³-hybridized carbons (Fsp3) is 0.833. The molecule has 0 radical (unpaired) electrons. The van der Waals surface area contributed by atoms with E-state index in [4.69, 9.17) is 0 Å². The van der Waals surface area contributed by atoms with Gasteiger partial charge in [-0.3, -0.25) is 4.57 Å². The lowest BCUT2D eigenvalue weighted by molar-refractivity contribution is 0.555. The Morgan fingerprint density at radius 2 is 2.28 bits per heavy atom. The van der Waals surface area contributed by atoms with Gasteiger partial charge in [-0.15, -0.1) is 5.10 Å². The Kier molecular flexibility index (Phi) is 3.48. The highest BCUT2D eigenvalue weighted by Gasteiger charge is 2.28. The van der Waals surface area contributed by atoms with E-state index >= 15 is 0 Å². The molecule has 0 saturated heterocycles. The second-order valence-corrected chi connectivity index (χ2v) is 6.50. The number of aromatic amines is 1. The first-order valence-electron chi connectivity index (χ1n) is 6.77. The molecule has 2 fully saturated rings.